The highest BCUT2D eigenvalue weighted by Gasteiger charge is 2.41. The zero-order valence-corrected chi connectivity index (χ0v) is 33.0. The minimum absolute atomic E-state index is 0.163. The fraction of sp³-hybridized carbons (Fsp3) is 0.302. The predicted molar refractivity (Wildman–Crippen MR) is 218 cm³/mol. The average molecular weight is 768 g/mol. The first kappa shape index (κ1) is 42.0. The molecular weight excluding hydrogens is 719 g/mol. The first-order chi connectivity index (χ1) is 26.2. The molecule has 0 saturated carbocycles. The molecule has 5 aromatic carbocycles. The fourth-order valence-electron chi connectivity index (χ4n) is 5.64. The Balaban J connectivity index is 0.000000831. The summed E-state index contributed by atoms with van der Waals surface area (Å²) in [5.41, 5.74) is 10.7. The number of methoxy groups -OCH3 is 2. The van der Waals surface area contributed by atoms with E-state index in [1.54, 1.807) is 44.6 Å². The molecule has 0 heterocycles. The van der Waals surface area contributed by atoms with Crippen LogP contribution in [0.3, 0.4) is 0 Å². The minimum Gasteiger partial charge on any atom is -0.497 e. The van der Waals surface area contributed by atoms with Gasteiger partial charge >= 0.3 is 0 Å². The van der Waals surface area contributed by atoms with Gasteiger partial charge in [-0.1, -0.05) is 121 Å². The van der Waals surface area contributed by atoms with Crippen LogP contribution in [-0.2, 0) is 23.9 Å². The third kappa shape index (κ3) is 12.1. The van der Waals surface area contributed by atoms with Crippen molar-refractivity contribution in [1.29, 1.82) is 0 Å². The number of hydrogen-bond acceptors (Lipinski definition) is 8. The summed E-state index contributed by atoms with van der Waals surface area (Å²) in [5, 5.41) is 3.59. The molecule has 0 aliphatic rings. The van der Waals surface area contributed by atoms with Crippen molar-refractivity contribution in [3.05, 3.63) is 172 Å². The first-order valence-corrected chi connectivity index (χ1v) is 20.7. The lowest BCUT2D eigenvalue weighted by Gasteiger charge is -2.39. The van der Waals surface area contributed by atoms with E-state index in [0.717, 1.165) is 27.5 Å². The maximum atomic E-state index is 13.4. The predicted octanol–water partition coefficient (Wildman–Crippen LogP) is 10.2. The molecule has 5 aromatic rings. The number of nitrogens with zero attached hydrogens (tertiary/aromatic N) is 3. The molecule has 5 rings (SSSR count). The molecule has 0 saturated heterocycles. The van der Waals surface area contributed by atoms with Crippen LogP contribution in [-0.4, -0.2) is 54.8 Å². The zero-order chi connectivity index (χ0) is 38.7. The molecule has 1 unspecified atom stereocenters. The van der Waals surface area contributed by atoms with E-state index in [-0.39, 0.29) is 23.9 Å². The molecule has 0 bridgehead atoms. The van der Waals surface area contributed by atoms with Gasteiger partial charge in [-0.25, -0.2) is 8.42 Å². The number of ether oxygens (including phenoxy) is 4. The molecule has 0 fully saturated rings. The van der Waals surface area contributed by atoms with Crippen LogP contribution in [0.15, 0.2) is 150 Å². The van der Waals surface area contributed by atoms with Gasteiger partial charge in [-0.3, -0.25) is 0 Å². The van der Waals surface area contributed by atoms with Crippen molar-refractivity contribution in [3.8, 4) is 11.5 Å². The van der Waals surface area contributed by atoms with Gasteiger partial charge in [0, 0.05) is 29.2 Å². The maximum absolute atomic E-state index is 13.4. The van der Waals surface area contributed by atoms with Gasteiger partial charge in [-0.15, -0.1) is 0 Å². The highest BCUT2D eigenvalue weighted by atomic mass is 33.1. The van der Waals surface area contributed by atoms with Gasteiger partial charge in [-0.05, 0) is 89.2 Å². The Kier molecular flexibility index (Phi) is 16.5. The number of benzene rings is 5. The van der Waals surface area contributed by atoms with Gasteiger partial charge in [0.05, 0.1) is 32.3 Å². The van der Waals surface area contributed by atoms with E-state index in [0.29, 0.717) is 37.5 Å². The number of unbranched alkanes of at least 4 members (excludes halogenated alkanes) is 1. The Morgan fingerprint density at radius 2 is 1.19 bits per heavy atom. The summed E-state index contributed by atoms with van der Waals surface area (Å²) in [6.45, 7) is 5.32. The third-order valence-electron chi connectivity index (χ3n) is 8.66. The van der Waals surface area contributed by atoms with Gasteiger partial charge < -0.3 is 18.9 Å². The van der Waals surface area contributed by atoms with E-state index in [4.69, 9.17) is 24.5 Å². The van der Waals surface area contributed by atoms with Crippen molar-refractivity contribution >= 4 is 19.7 Å². The van der Waals surface area contributed by atoms with Gasteiger partial charge in [0.25, 0.3) is 0 Å². The van der Waals surface area contributed by atoms with Gasteiger partial charge in [0.2, 0.25) is 8.87 Å². The lowest BCUT2D eigenvalue weighted by molar-refractivity contribution is -0.0564. The van der Waals surface area contributed by atoms with Crippen LogP contribution in [0.1, 0.15) is 42.0 Å². The maximum Gasteiger partial charge on any atom is 0.230 e. The monoisotopic (exact) mass is 767 g/mol. The molecule has 0 aliphatic heterocycles. The topological polar surface area (TPSA) is 120 Å². The summed E-state index contributed by atoms with van der Waals surface area (Å²) in [6, 6.07) is 44.2. The largest absolute Gasteiger partial charge is 0.497 e. The van der Waals surface area contributed by atoms with Crippen molar-refractivity contribution in [2.45, 2.75) is 37.2 Å². The lowest BCUT2D eigenvalue weighted by atomic mass is 9.79. The van der Waals surface area contributed by atoms with E-state index in [1.165, 1.54) is 5.56 Å². The molecule has 284 valence electrons. The SMILES string of the molecule is COc1ccc(C(OCC(C)(COCCCCN=[N+]=[N-])CSS(=O)(=O)c2ccccc2)(c2ccccc2)c2ccc(OC)cc2)cc1.Cc1ccccc1. The van der Waals surface area contributed by atoms with Crippen LogP contribution >= 0.6 is 10.8 Å². The molecule has 9 nitrogen and oxygen atoms in total. The van der Waals surface area contributed by atoms with Crippen LogP contribution < -0.4 is 9.47 Å². The number of rotatable bonds is 19. The van der Waals surface area contributed by atoms with Crippen LogP contribution in [0.2, 0.25) is 0 Å². The van der Waals surface area contributed by atoms with E-state index in [2.05, 4.69) is 29.1 Å². The van der Waals surface area contributed by atoms with Gasteiger partial charge in [0.1, 0.15) is 17.1 Å². The lowest BCUT2D eigenvalue weighted by Crippen LogP contribution is -2.40. The first-order valence-electron chi connectivity index (χ1n) is 17.7. The summed E-state index contributed by atoms with van der Waals surface area (Å²) in [4.78, 5) is 3.05. The molecule has 0 aromatic heterocycles. The van der Waals surface area contributed by atoms with Crippen LogP contribution in [0.4, 0.5) is 0 Å². The number of aryl methyl sites for hydroxylation is 1. The highest BCUT2D eigenvalue weighted by molar-refractivity contribution is 8.72. The molecule has 1 atom stereocenters. The molecule has 54 heavy (non-hydrogen) atoms. The van der Waals surface area contributed by atoms with Crippen LogP contribution in [0.5, 0.6) is 11.5 Å². The van der Waals surface area contributed by atoms with Crippen molar-refractivity contribution in [2.75, 3.05) is 46.3 Å². The summed E-state index contributed by atoms with van der Waals surface area (Å²) in [6.07, 6.45) is 1.40. The van der Waals surface area contributed by atoms with Gasteiger partial charge in [-0.2, -0.15) is 0 Å². The Labute approximate surface area is 323 Å². The Morgan fingerprint density at radius 1 is 0.685 bits per heavy atom. The van der Waals surface area contributed by atoms with E-state index in [9.17, 15) is 8.42 Å². The van der Waals surface area contributed by atoms with E-state index in [1.807, 2.05) is 104 Å². The van der Waals surface area contributed by atoms with Crippen LogP contribution in [0, 0.1) is 12.3 Å². The molecule has 11 heteroatoms. The summed E-state index contributed by atoms with van der Waals surface area (Å²) >= 11 is 0. The van der Waals surface area contributed by atoms with Crippen molar-refractivity contribution in [2.24, 2.45) is 10.5 Å². The minimum atomic E-state index is -3.63. The molecule has 0 N–H and O–H groups in total. The van der Waals surface area contributed by atoms with Crippen LogP contribution in [0.25, 0.3) is 10.4 Å². The number of hydrogen-bond donors (Lipinski definition) is 0. The average Bonchev–Trinajstić information content (AvgIpc) is 3.22. The number of azide groups is 1. The van der Waals surface area contributed by atoms with E-state index >= 15 is 0 Å². The Morgan fingerprint density at radius 3 is 1.67 bits per heavy atom. The quantitative estimate of drug-likeness (QED) is 0.0205. The Bertz CT molecular complexity index is 1930. The van der Waals surface area contributed by atoms with Crippen molar-refractivity contribution in [3.63, 3.8) is 0 Å². The second-order valence-corrected chi connectivity index (χ2v) is 16.9. The summed E-state index contributed by atoms with van der Waals surface area (Å²) in [5.74, 6) is 1.65. The standard InChI is InChI=1S/C36H41N3O6S2.C7H8/c1-35(26-44-25-11-10-24-38-39-37,28-46-47(40,41)34-14-8-5-9-15-34)27-45-36(29-12-6-4-7-13-29,30-16-20-32(42-2)21-17-30)31-18-22-33(43-3)23-19-31;1-7-5-3-2-4-6-7/h4-9,12-23H,10-11,24-28H2,1-3H3;2-6H,1H3. The molecule has 0 aliphatic carbocycles. The smallest absolute Gasteiger partial charge is 0.230 e. The second-order valence-electron chi connectivity index (χ2n) is 13.0. The third-order valence-corrected chi connectivity index (χ3v) is 12.5. The van der Waals surface area contributed by atoms with Gasteiger partial charge in [0.15, 0.2) is 0 Å². The zero-order valence-electron chi connectivity index (χ0n) is 31.3. The summed E-state index contributed by atoms with van der Waals surface area (Å²) < 4.78 is 50.9. The van der Waals surface area contributed by atoms with Crippen molar-refractivity contribution in [1.82, 2.24) is 0 Å². The van der Waals surface area contributed by atoms with Crippen molar-refractivity contribution < 1.29 is 27.4 Å². The fourth-order valence-corrected chi connectivity index (χ4v) is 8.93. The molecule has 0 radical (unpaired) electrons. The molecule has 0 amide bonds. The molecule has 0 spiro atoms. The molecular formula is C43H49N3O6S2. The van der Waals surface area contributed by atoms with E-state index < -0.39 is 19.9 Å². The highest BCUT2D eigenvalue weighted by Crippen LogP contribution is 2.43. The Hall–Kier alpha value is -4.77. The normalized spacial score (nSPS) is 12.4. The summed E-state index contributed by atoms with van der Waals surface area (Å²) in [7, 11) is 0.508. The second kappa shape index (κ2) is 21.2.